The zero-order valence-electron chi connectivity index (χ0n) is 16.6. The first-order chi connectivity index (χ1) is 14.9. The van der Waals surface area contributed by atoms with Crippen molar-refractivity contribution in [2.24, 2.45) is 0 Å². The van der Waals surface area contributed by atoms with Gasteiger partial charge in [-0.2, -0.15) is 13.5 Å². The Morgan fingerprint density at radius 1 is 0.968 bits per heavy atom. The van der Waals surface area contributed by atoms with E-state index in [0.29, 0.717) is 11.2 Å². The average molecular weight is 453 g/mol. The lowest BCUT2D eigenvalue weighted by molar-refractivity contribution is -0.117. The van der Waals surface area contributed by atoms with Crippen LogP contribution in [0.5, 0.6) is 0 Å². The van der Waals surface area contributed by atoms with Gasteiger partial charge in [0.1, 0.15) is 22.0 Å². The van der Waals surface area contributed by atoms with Crippen molar-refractivity contribution in [2.75, 3.05) is 5.32 Å². The minimum Gasteiger partial charge on any atom is -0.324 e. The zero-order chi connectivity index (χ0) is 21.8. The first-order valence-electron chi connectivity index (χ1n) is 9.58. The molecule has 158 valence electrons. The van der Waals surface area contributed by atoms with Crippen LogP contribution in [0, 0.1) is 6.92 Å². The highest BCUT2D eigenvalue weighted by Gasteiger charge is 2.28. The number of anilines is 1. The number of nitrogens with zero attached hydrogens (tertiary/aromatic N) is 2. The van der Waals surface area contributed by atoms with Crippen LogP contribution in [0.25, 0.3) is 11.0 Å². The third-order valence-corrected chi connectivity index (χ3v) is 6.88. The molecule has 0 saturated heterocycles. The van der Waals surface area contributed by atoms with Gasteiger partial charge in [0, 0.05) is 5.69 Å². The van der Waals surface area contributed by atoms with E-state index in [1.165, 1.54) is 6.07 Å². The summed E-state index contributed by atoms with van der Waals surface area (Å²) in [6.07, 6.45) is 0.197. The molecule has 2 N–H and O–H groups in total. The monoisotopic (exact) mass is 452 g/mol. The van der Waals surface area contributed by atoms with E-state index in [1.807, 2.05) is 55.5 Å². The van der Waals surface area contributed by atoms with Crippen molar-refractivity contribution < 1.29 is 13.2 Å². The quantitative estimate of drug-likeness (QED) is 0.447. The van der Waals surface area contributed by atoms with E-state index in [1.54, 1.807) is 18.2 Å². The van der Waals surface area contributed by atoms with Crippen molar-refractivity contribution in [1.29, 1.82) is 0 Å². The highest BCUT2D eigenvalue weighted by Crippen LogP contribution is 2.22. The molecule has 0 unspecified atom stereocenters. The van der Waals surface area contributed by atoms with Crippen LogP contribution in [-0.4, -0.2) is 29.1 Å². The molecule has 7 nitrogen and oxygen atoms in total. The number of amides is 1. The smallest absolute Gasteiger partial charge is 0.243 e. The van der Waals surface area contributed by atoms with Crippen molar-refractivity contribution in [1.82, 2.24) is 13.5 Å². The Bertz CT molecular complexity index is 1320. The molecule has 1 amide bonds. The summed E-state index contributed by atoms with van der Waals surface area (Å²) in [6.45, 7) is 1.88. The number of nitrogens with one attached hydrogen (secondary N) is 2. The molecule has 4 rings (SSSR count). The van der Waals surface area contributed by atoms with Gasteiger partial charge in [0.05, 0.1) is 11.7 Å². The summed E-state index contributed by atoms with van der Waals surface area (Å²) in [5, 5.41) is 2.84. The molecule has 31 heavy (non-hydrogen) atoms. The van der Waals surface area contributed by atoms with Crippen molar-refractivity contribution in [2.45, 2.75) is 24.3 Å². The maximum Gasteiger partial charge on any atom is 0.243 e. The second-order valence-corrected chi connectivity index (χ2v) is 9.27. The van der Waals surface area contributed by atoms with Gasteiger partial charge in [-0.15, -0.1) is 0 Å². The van der Waals surface area contributed by atoms with E-state index < -0.39 is 22.0 Å². The molecule has 0 aliphatic heterocycles. The average Bonchev–Trinajstić information content (AvgIpc) is 3.24. The normalized spacial score (nSPS) is 12.5. The SMILES string of the molecule is Cc1ccccc1NC(=O)[C@@H](Cc1ccccc1)NS(=O)(=O)c1cccc2nsnc12. The van der Waals surface area contributed by atoms with E-state index >= 15 is 0 Å². The van der Waals surface area contributed by atoms with Gasteiger partial charge in [-0.1, -0.05) is 54.6 Å². The Morgan fingerprint density at radius 2 is 1.71 bits per heavy atom. The number of aryl methyl sites for hydroxylation is 1. The predicted octanol–water partition coefficient (Wildman–Crippen LogP) is 3.53. The van der Waals surface area contributed by atoms with Crippen molar-refractivity contribution >= 4 is 44.4 Å². The summed E-state index contributed by atoms with van der Waals surface area (Å²) in [5.74, 6) is -0.440. The van der Waals surface area contributed by atoms with Gasteiger partial charge < -0.3 is 5.32 Å². The van der Waals surface area contributed by atoms with Gasteiger partial charge >= 0.3 is 0 Å². The molecule has 9 heteroatoms. The summed E-state index contributed by atoms with van der Waals surface area (Å²) in [6, 6.07) is 20.4. The van der Waals surface area contributed by atoms with Gasteiger partial charge in [-0.25, -0.2) is 8.42 Å². The fourth-order valence-corrected chi connectivity index (χ4v) is 5.18. The molecule has 0 saturated carbocycles. The molecule has 0 aliphatic rings. The molecular formula is C22H20N4O3S2. The standard InChI is InChI=1S/C22H20N4O3S2/c1-15-8-5-6-11-17(15)23-22(27)19(14-16-9-3-2-4-10-16)26-31(28,29)20-13-7-12-18-21(20)25-30-24-18/h2-13,19,26H,14H2,1H3,(H,23,27)/t19-/m1/s1. The van der Waals surface area contributed by atoms with Gasteiger partial charge in [-0.3, -0.25) is 4.79 Å². The molecule has 1 heterocycles. The number of carbonyl (C=O) groups is 1. The molecule has 1 atom stereocenters. The molecule has 0 fully saturated rings. The largest absolute Gasteiger partial charge is 0.324 e. The number of carbonyl (C=O) groups excluding carboxylic acids is 1. The minimum absolute atomic E-state index is 0.000466. The lowest BCUT2D eigenvalue weighted by Gasteiger charge is -2.19. The highest BCUT2D eigenvalue weighted by molar-refractivity contribution is 7.89. The maximum absolute atomic E-state index is 13.2. The van der Waals surface area contributed by atoms with E-state index in [0.717, 1.165) is 22.9 Å². The Hall–Kier alpha value is -3.14. The van der Waals surface area contributed by atoms with Crippen LogP contribution in [0.4, 0.5) is 5.69 Å². The second-order valence-electron chi connectivity index (χ2n) is 7.06. The van der Waals surface area contributed by atoms with Crippen LogP contribution in [-0.2, 0) is 21.2 Å². The Morgan fingerprint density at radius 3 is 2.48 bits per heavy atom. The number of aromatic nitrogens is 2. The summed E-state index contributed by atoms with van der Waals surface area (Å²) in [5.41, 5.74) is 3.14. The van der Waals surface area contributed by atoms with Crippen molar-refractivity contribution in [3.05, 3.63) is 83.9 Å². The number of hydrogen-bond acceptors (Lipinski definition) is 6. The van der Waals surface area contributed by atoms with Crippen LogP contribution in [0.1, 0.15) is 11.1 Å². The van der Waals surface area contributed by atoms with Gasteiger partial charge in [0.15, 0.2) is 0 Å². The number of benzene rings is 3. The third kappa shape index (κ3) is 4.79. The van der Waals surface area contributed by atoms with Crippen LogP contribution in [0.3, 0.4) is 0 Å². The summed E-state index contributed by atoms with van der Waals surface area (Å²) >= 11 is 0.943. The van der Waals surface area contributed by atoms with Gasteiger partial charge in [0.25, 0.3) is 0 Å². The fourth-order valence-electron chi connectivity index (χ4n) is 3.22. The van der Waals surface area contributed by atoms with Crippen LogP contribution >= 0.6 is 11.7 Å². The predicted molar refractivity (Wildman–Crippen MR) is 121 cm³/mol. The first-order valence-corrected chi connectivity index (χ1v) is 11.8. The second kappa shape index (κ2) is 8.93. The Labute approximate surface area is 184 Å². The van der Waals surface area contributed by atoms with Crippen LogP contribution in [0.2, 0.25) is 0 Å². The number of fused-ring (bicyclic) bond motifs is 1. The van der Waals surface area contributed by atoms with Crippen LogP contribution in [0.15, 0.2) is 77.7 Å². The van der Waals surface area contributed by atoms with Crippen molar-refractivity contribution in [3.63, 3.8) is 0 Å². The lowest BCUT2D eigenvalue weighted by atomic mass is 10.1. The third-order valence-electron chi connectivity index (χ3n) is 4.84. The molecular weight excluding hydrogens is 432 g/mol. The molecule has 3 aromatic carbocycles. The lowest BCUT2D eigenvalue weighted by Crippen LogP contribution is -2.45. The Kier molecular flexibility index (Phi) is 6.08. The zero-order valence-corrected chi connectivity index (χ0v) is 18.3. The van der Waals surface area contributed by atoms with E-state index in [-0.39, 0.29) is 16.8 Å². The summed E-state index contributed by atoms with van der Waals surface area (Å²) in [7, 11) is -4.03. The maximum atomic E-state index is 13.2. The molecule has 1 aromatic heterocycles. The molecule has 0 radical (unpaired) electrons. The highest BCUT2D eigenvalue weighted by atomic mass is 32.2. The molecule has 0 bridgehead atoms. The number of para-hydroxylation sites is 1. The molecule has 0 aliphatic carbocycles. The minimum atomic E-state index is -4.03. The number of sulfonamides is 1. The first kappa shape index (κ1) is 21.1. The summed E-state index contributed by atoms with van der Waals surface area (Å²) in [4.78, 5) is 13.1. The van der Waals surface area contributed by atoms with Gasteiger partial charge in [-0.05, 0) is 42.7 Å². The molecule has 4 aromatic rings. The number of rotatable bonds is 7. The van der Waals surface area contributed by atoms with Gasteiger partial charge in [0.2, 0.25) is 15.9 Å². The van der Waals surface area contributed by atoms with Crippen LogP contribution < -0.4 is 10.0 Å². The Balaban J connectivity index is 1.66. The topological polar surface area (TPSA) is 101 Å². The fraction of sp³-hybridized carbons (Fsp3) is 0.136. The van der Waals surface area contributed by atoms with Crippen molar-refractivity contribution in [3.8, 4) is 0 Å². The van der Waals surface area contributed by atoms with E-state index in [9.17, 15) is 13.2 Å². The molecule has 0 spiro atoms. The van der Waals surface area contributed by atoms with E-state index in [4.69, 9.17) is 0 Å². The van der Waals surface area contributed by atoms with E-state index in [2.05, 4.69) is 18.8 Å². The summed E-state index contributed by atoms with van der Waals surface area (Å²) < 4.78 is 37.2. The number of hydrogen-bond donors (Lipinski definition) is 2.